The van der Waals surface area contributed by atoms with Crippen molar-refractivity contribution in [2.24, 2.45) is 5.92 Å². The van der Waals surface area contributed by atoms with Gasteiger partial charge in [-0.15, -0.1) is 10.2 Å². The van der Waals surface area contributed by atoms with E-state index in [9.17, 15) is 13.2 Å². The lowest BCUT2D eigenvalue weighted by Gasteiger charge is -2.35. The van der Waals surface area contributed by atoms with Gasteiger partial charge in [0.15, 0.2) is 0 Å². The smallest absolute Gasteiger partial charge is 0.225 e. The second kappa shape index (κ2) is 8.26. The van der Waals surface area contributed by atoms with Crippen LogP contribution in [0.1, 0.15) is 50.2 Å². The third kappa shape index (κ3) is 4.68. The molecule has 2 aliphatic heterocycles. The van der Waals surface area contributed by atoms with Crippen LogP contribution in [0.2, 0.25) is 0 Å². The number of rotatable bonds is 5. The highest BCUT2D eigenvalue weighted by Gasteiger charge is 2.34. The average molecular weight is 398 g/mol. The van der Waals surface area contributed by atoms with Crippen LogP contribution >= 0.6 is 0 Å². The van der Waals surface area contributed by atoms with Crippen LogP contribution in [0.25, 0.3) is 0 Å². The quantitative estimate of drug-likeness (QED) is 0.733. The molecule has 1 aromatic rings. The number of likely N-dealkylation sites (tertiary alicyclic amines) is 1. The van der Waals surface area contributed by atoms with Crippen LogP contribution in [-0.2, 0) is 27.7 Å². The predicted octanol–water partition coefficient (Wildman–Crippen LogP) is 0.890. The number of piperidine rings is 1. The van der Waals surface area contributed by atoms with Crippen LogP contribution < -0.4 is 0 Å². The summed E-state index contributed by atoms with van der Waals surface area (Å²) in [5.41, 5.74) is 0. The summed E-state index contributed by atoms with van der Waals surface area (Å²) in [4.78, 5) is 16.8. The molecule has 0 bridgehead atoms. The maximum Gasteiger partial charge on any atom is 0.225 e. The molecule has 2 saturated heterocycles. The molecule has 0 unspecified atom stereocenters. The molecule has 9 heteroatoms. The monoisotopic (exact) mass is 397 g/mol. The molecule has 0 spiro atoms. The SMILES string of the molecule is CCn1c(CN(C)C)nnc1C1CCN(C(=O)C2CCS(=O)(=O)CC2)CC1. The van der Waals surface area contributed by atoms with Crippen molar-refractivity contribution in [1.82, 2.24) is 24.6 Å². The maximum atomic E-state index is 12.7. The predicted molar refractivity (Wildman–Crippen MR) is 103 cm³/mol. The summed E-state index contributed by atoms with van der Waals surface area (Å²) in [5.74, 6) is 2.64. The Bertz CT molecular complexity index is 752. The summed E-state index contributed by atoms with van der Waals surface area (Å²) in [6.45, 7) is 5.16. The first-order valence-electron chi connectivity index (χ1n) is 9.86. The molecular formula is C18H31N5O3S. The molecule has 1 amide bonds. The van der Waals surface area contributed by atoms with E-state index >= 15 is 0 Å². The van der Waals surface area contributed by atoms with Gasteiger partial charge in [-0.1, -0.05) is 0 Å². The molecule has 0 aliphatic carbocycles. The van der Waals surface area contributed by atoms with Gasteiger partial charge in [0.25, 0.3) is 0 Å². The van der Waals surface area contributed by atoms with Crippen molar-refractivity contribution in [3.63, 3.8) is 0 Å². The van der Waals surface area contributed by atoms with Crippen LogP contribution in [0, 0.1) is 5.92 Å². The average Bonchev–Trinajstić information content (AvgIpc) is 3.03. The van der Waals surface area contributed by atoms with E-state index in [4.69, 9.17) is 0 Å². The number of carbonyl (C=O) groups is 1. The van der Waals surface area contributed by atoms with E-state index in [-0.39, 0.29) is 23.3 Å². The Morgan fingerprint density at radius 3 is 2.30 bits per heavy atom. The highest BCUT2D eigenvalue weighted by molar-refractivity contribution is 7.91. The minimum absolute atomic E-state index is 0.129. The van der Waals surface area contributed by atoms with E-state index in [1.165, 1.54) is 0 Å². The standard InChI is InChI=1S/C18H31N5O3S/c1-4-23-16(13-21(2)3)19-20-17(23)14-5-9-22(10-6-14)18(24)15-7-11-27(25,26)12-8-15/h14-15H,4-13H2,1-3H3. The van der Waals surface area contributed by atoms with Gasteiger partial charge in [-0.2, -0.15) is 0 Å². The van der Waals surface area contributed by atoms with E-state index in [1.807, 2.05) is 19.0 Å². The van der Waals surface area contributed by atoms with E-state index in [0.717, 1.165) is 37.6 Å². The van der Waals surface area contributed by atoms with Gasteiger partial charge >= 0.3 is 0 Å². The first-order chi connectivity index (χ1) is 12.8. The molecule has 152 valence electrons. The summed E-state index contributed by atoms with van der Waals surface area (Å²) < 4.78 is 25.4. The van der Waals surface area contributed by atoms with Gasteiger partial charge in [-0.05, 0) is 46.7 Å². The molecule has 0 N–H and O–H groups in total. The third-order valence-corrected chi connectivity index (χ3v) is 7.42. The maximum absolute atomic E-state index is 12.7. The number of hydrogen-bond acceptors (Lipinski definition) is 6. The summed E-state index contributed by atoms with van der Waals surface area (Å²) >= 11 is 0. The Kier molecular flexibility index (Phi) is 6.20. The minimum Gasteiger partial charge on any atom is -0.342 e. The van der Waals surface area contributed by atoms with E-state index < -0.39 is 9.84 Å². The highest BCUT2D eigenvalue weighted by atomic mass is 32.2. The van der Waals surface area contributed by atoms with Crippen molar-refractivity contribution < 1.29 is 13.2 Å². The molecule has 0 aromatic carbocycles. The number of nitrogens with zero attached hydrogens (tertiary/aromatic N) is 5. The van der Waals surface area contributed by atoms with Crippen molar-refractivity contribution in [3.05, 3.63) is 11.6 Å². The number of carbonyl (C=O) groups excluding carboxylic acids is 1. The minimum atomic E-state index is -2.93. The largest absolute Gasteiger partial charge is 0.342 e. The summed E-state index contributed by atoms with van der Waals surface area (Å²) in [7, 11) is 1.11. The van der Waals surface area contributed by atoms with Crippen LogP contribution in [0.5, 0.6) is 0 Å². The van der Waals surface area contributed by atoms with E-state index in [1.54, 1.807) is 0 Å². The van der Waals surface area contributed by atoms with Gasteiger partial charge in [0, 0.05) is 31.5 Å². The van der Waals surface area contributed by atoms with Gasteiger partial charge in [0.05, 0.1) is 18.1 Å². The van der Waals surface area contributed by atoms with Crippen LogP contribution in [0.3, 0.4) is 0 Å². The molecule has 2 aliphatic rings. The number of sulfone groups is 1. The molecule has 0 radical (unpaired) electrons. The van der Waals surface area contributed by atoms with Crippen molar-refractivity contribution in [2.45, 2.75) is 51.6 Å². The lowest BCUT2D eigenvalue weighted by Crippen LogP contribution is -2.43. The molecule has 1 aromatic heterocycles. The van der Waals surface area contributed by atoms with Gasteiger partial charge in [-0.3, -0.25) is 4.79 Å². The Morgan fingerprint density at radius 2 is 1.74 bits per heavy atom. The third-order valence-electron chi connectivity index (χ3n) is 5.71. The fourth-order valence-electron chi connectivity index (χ4n) is 4.15. The fourth-order valence-corrected chi connectivity index (χ4v) is 5.64. The highest BCUT2D eigenvalue weighted by Crippen LogP contribution is 2.30. The fraction of sp³-hybridized carbons (Fsp3) is 0.833. The molecule has 8 nitrogen and oxygen atoms in total. The number of aromatic nitrogens is 3. The Balaban J connectivity index is 1.59. The molecule has 2 fully saturated rings. The van der Waals surface area contributed by atoms with Crippen molar-refractivity contribution >= 4 is 15.7 Å². The Hall–Kier alpha value is -1.48. The van der Waals surface area contributed by atoms with Crippen LogP contribution in [0.4, 0.5) is 0 Å². The molecule has 3 heterocycles. The second-order valence-electron chi connectivity index (χ2n) is 7.98. The van der Waals surface area contributed by atoms with Crippen molar-refractivity contribution in [2.75, 3.05) is 38.7 Å². The Morgan fingerprint density at radius 1 is 1.11 bits per heavy atom. The first kappa shape index (κ1) is 20.3. The van der Waals surface area contributed by atoms with E-state index in [0.29, 0.717) is 31.8 Å². The number of hydrogen-bond donors (Lipinski definition) is 0. The summed E-state index contributed by atoms with van der Waals surface area (Å²) in [6.07, 6.45) is 2.71. The van der Waals surface area contributed by atoms with Gasteiger partial charge < -0.3 is 14.4 Å². The molecule has 3 rings (SSSR count). The van der Waals surface area contributed by atoms with Gasteiger partial charge in [-0.25, -0.2) is 8.42 Å². The van der Waals surface area contributed by atoms with Crippen LogP contribution in [-0.4, -0.2) is 77.6 Å². The number of amides is 1. The van der Waals surface area contributed by atoms with Gasteiger partial charge in [0.2, 0.25) is 5.91 Å². The zero-order valence-corrected chi connectivity index (χ0v) is 17.4. The van der Waals surface area contributed by atoms with Crippen molar-refractivity contribution in [1.29, 1.82) is 0 Å². The second-order valence-corrected chi connectivity index (χ2v) is 10.3. The summed E-state index contributed by atoms with van der Waals surface area (Å²) in [6, 6.07) is 0. The molecular weight excluding hydrogens is 366 g/mol. The lowest BCUT2D eigenvalue weighted by molar-refractivity contribution is -0.136. The van der Waals surface area contributed by atoms with Gasteiger partial charge in [0.1, 0.15) is 21.5 Å². The zero-order chi connectivity index (χ0) is 19.6. The normalized spacial score (nSPS) is 21.7. The molecule has 0 saturated carbocycles. The molecule has 0 atom stereocenters. The van der Waals surface area contributed by atoms with Crippen molar-refractivity contribution in [3.8, 4) is 0 Å². The lowest BCUT2D eigenvalue weighted by atomic mass is 9.93. The molecule has 27 heavy (non-hydrogen) atoms. The zero-order valence-electron chi connectivity index (χ0n) is 16.6. The topological polar surface area (TPSA) is 88.4 Å². The first-order valence-corrected chi connectivity index (χ1v) is 11.7. The summed E-state index contributed by atoms with van der Waals surface area (Å²) in [5, 5.41) is 8.83. The van der Waals surface area contributed by atoms with Crippen LogP contribution in [0.15, 0.2) is 0 Å². The van der Waals surface area contributed by atoms with E-state index in [2.05, 4.69) is 26.6 Å². The Labute approximate surface area is 161 Å².